The maximum Gasteiger partial charge on any atom is 0.312 e. The zero-order chi connectivity index (χ0) is 7.98. The molecule has 0 aliphatic rings. The third kappa shape index (κ3) is 2.80. The van der Waals surface area contributed by atoms with E-state index in [2.05, 4.69) is 10.1 Å². The van der Waals surface area contributed by atoms with Gasteiger partial charge in [-0.1, -0.05) is 0 Å². The number of aliphatic hydroxyl groups is 1. The van der Waals surface area contributed by atoms with Gasteiger partial charge in [-0.15, -0.1) is 0 Å². The van der Waals surface area contributed by atoms with Crippen LogP contribution in [0.15, 0.2) is 0 Å². The molecule has 0 bridgehead atoms. The van der Waals surface area contributed by atoms with Gasteiger partial charge in [-0.2, -0.15) is 0 Å². The van der Waals surface area contributed by atoms with E-state index >= 15 is 0 Å². The Morgan fingerprint density at radius 3 is 2.70 bits per heavy atom. The van der Waals surface area contributed by atoms with Crippen molar-refractivity contribution >= 4 is 5.97 Å². The Bertz CT molecular complexity index is 105. The van der Waals surface area contributed by atoms with Crippen molar-refractivity contribution in [2.24, 2.45) is 5.92 Å². The Morgan fingerprint density at radius 2 is 2.40 bits per heavy atom. The third-order valence-electron chi connectivity index (χ3n) is 1.21. The fourth-order valence-electron chi connectivity index (χ4n) is 0.635. The van der Waals surface area contributed by atoms with Crippen LogP contribution < -0.4 is 5.32 Å². The van der Waals surface area contributed by atoms with E-state index in [9.17, 15) is 4.79 Å². The summed E-state index contributed by atoms with van der Waals surface area (Å²) in [5.41, 5.74) is 0. The number of hydrogen-bond acceptors (Lipinski definition) is 4. The van der Waals surface area contributed by atoms with Gasteiger partial charge >= 0.3 is 5.97 Å². The van der Waals surface area contributed by atoms with Gasteiger partial charge in [-0.3, -0.25) is 4.79 Å². The van der Waals surface area contributed by atoms with Crippen molar-refractivity contribution in [1.29, 1.82) is 0 Å². The molecule has 1 atom stereocenters. The summed E-state index contributed by atoms with van der Waals surface area (Å²) in [6.45, 7) is 0.274. The quantitative estimate of drug-likeness (QED) is 0.500. The zero-order valence-electron chi connectivity index (χ0n) is 6.26. The number of carbonyl (C=O) groups excluding carboxylic acids is 1. The lowest BCUT2D eigenvalue weighted by Gasteiger charge is -2.09. The number of rotatable bonds is 4. The lowest BCUT2D eigenvalue weighted by atomic mass is 10.2. The van der Waals surface area contributed by atoms with Crippen LogP contribution in [0, 0.1) is 5.92 Å². The summed E-state index contributed by atoms with van der Waals surface area (Å²) in [4.78, 5) is 10.7. The zero-order valence-corrected chi connectivity index (χ0v) is 6.26. The van der Waals surface area contributed by atoms with Gasteiger partial charge in [0, 0.05) is 6.54 Å². The number of aliphatic hydroxyl groups excluding tert-OH is 1. The Morgan fingerprint density at radius 1 is 1.80 bits per heavy atom. The van der Waals surface area contributed by atoms with Crippen LogP contribution >= 0.6 is 0 Å². The van der Waals surface area contributed by atoms with E-state index < -0.39 is 5.92 Å². The van der Waals surface area contributed by atoms with Crippen LogP contribution in [0.4, 0.5) is 0 Å². The first-order valence-corrected chi connectivity index (χ1v) is 3.09. The molecule has 0 saturated heterocycles. The molecule has 0 aliphatic heterocycles. The third-order valence-corrected chi connectivity index (χ3v) is 1.21. The SMILES string of the molecule is CNCC(CO)C(=O)OC. The van der Waals surface area contributed by atoms with Gasteiger partial charge in [0.25, 0.3) is 0 Å². The van der Waals surface area contributed by atoms with Crippen molar-refractivity contribution in [2.45, 2.75) is 0 Å². The maximum absolute atomic E-state index is 10.7. The van der Waals surface area contributed by atoms with Crippen molar-refractivity contribution < 1.29 is 14.6 Å². The minimum absolute atomic E-state index is 0.173. The number of methoxy groups -OCH3 is 1. The van der Waals surface area contributed by atoms with E-state index in [4.69, 9.17) is 5.11 Å². The predicted octanol–water partition coefficient (Wildman–Crippen LogP) is -1.01. The van der Waals surface area contributed by atoms with Gasteiger partial charge in [0.15, 0.2) is 0 Å². The van der Waals surface area contributed by atoms with Gasteiger partial charge in [0.1, 0.15) is 0 Å². The molecular weight excluding hydrogens is 134 g/mol. The van der Waals surface area contributed by atoms with Crippen LogP contribution in [0.3, 0.4) is 0 Å². The molecule has 0 fully saturated rings. The average molecular weight is 147 g/mol. The molecule has 4 heteroatoms. The molecule has 60 valence electrons. The van der Waals surface area contributed by atoms with E-state index in [1.807, 2.05) is 0 Å². The molecule has 0 heterocycles. The molecule has 0 aliphatic carbocycles. The Hall–Kier alpha value is -0.610. The highest BCUT2D eigenvalue weighted by Crippen LogP contribution is 1.94. The van der Waals surface area contributed by atoms with E-state index in [1.165, 1.54) is 7.11 Å². The lowest BCUT2D eigenvalue weighted by molar-refractivity contribution is -0.146. The first kappa shape index (κ1) is 9.39. The molecule has 0 spiro atoms. The number of carbonyl (C=O) groups is 1. The predicted molar refractivity (Wildman–Crippen MR) is 36.5 cm³/mol. The molecule has 10 heavy (non-hydrogen) atoms. The van der Waals surface area contributed by atoms with Crippen LogP contribution in [0.5, 0.6) is 0 Å². The second-order valence-electron chi connectivity index (χ2n) is 1.96. The fraction of sp³-hybridized carbons (Fsp3) is 0.833. The van der Waals surface area contributed by atoms with Crippen molar-refractivity contribution in [2.75, 3.05) is 27.3 Å². The number of hydrogen-bond donors (Lipinski definition) is 2. The molecule has 0 saturated carbocycles. The largest absolute Gasteiger partial charge is 0.469 e. The number of esters is 1. The summed E-state index contributed by atoms with van der Waals surface area (Å²) in [7, 11) is 3.02. The van der Waals surface area contributed by atoms with E-state index in [0.717, 1.165) is 0 Å². The van der Waals surface area contributed by atoms with Crippen LogP contribution in [-0.4, -0.2) is 38.4 Å². The van der Waals surface area contributed by atoms with Gasteiger partial charge in [-0.25, -0.2) is 0 Å². The van der Waals surface area contributed by atoms with Gasteiger partial charge in [-0.05, 0) is 7.05 Å². The van der Waals surface area contributed by atoms with E-state index in [-0.39, 0.29) is 12.6 Å². The van der Waals surface area contributed by atoms with Crippen LogP contribution in [0.25, 0.3) is 0 Å². The lowest BCUT2D eigenvalue weighted by Crippen LogP contribution is -2.29. The normalized spacial score (nSPS) is 12.7. The molecule has 0 aromatic carbocycles. The highest BCUT2D eigenvalue weighted by molar-refractivity contribution is 5.72. The highest BCUT2D eigenvalue weighted by Gasteiger charge is 2.15. The molecule has 2 N–H and O–H groups in total. The highest BCUT2D eigenvalue weighted by atomic mass is 16.5. The summed E-state index contributed by atoms with van der Waals surface area (Å²) in [5.74, 6) is -0.813. The molecule has 0 aromatic rings. The first-order chi connectivity index (χ1) is 4.76. The summed E-state index contributed by atoms with van der Waals surface area (Å²) >= 11 is 0. The summed E-state index contributed by atoms with van der Waals surface area (Å²) in [6, 6.07) is 0. The van der Waals surface area contributed by atoms with E-state index in [1.54, 1.807) is 7.05 Å². The molecule has 1 unspecified atom stereocenters. The monoisotopic (exact) mass is 147 g/mol. The van der Waals surface area contributed by atoms with Crippen molar-refractivity contribution in [3.63, 3.8) is 0 Å². The topological polar surface area (TPSA) is 58.6 Å². The van der Waals surface area contributed by atoms with Crippen LogP contribution in [0.2, 0.25) is 0 Å². The second-order valence-corrected chi connectivity index (χ2v) is 1.96. The molecule has 4 nitrogen and oxygen atoms in total. The molecular formula is C6H13NO3. The number of ether oxygens (including phenoxy) is 1. The minimum Gasteiger partial charge on any atom is -0.469 e. The van der Waals surface area contributed by atoms with Crippen molar-refractivity contribution in [1.82, 2.24) is 5.32 Å². The standard InChI is InChI=1S/C6H13NO3/c1-7-3-5(4-8)6(9)10-2/h5,7-8H,3-4H2,1-2H3. The Labute approximate surface area is 60.2 Å². The van der Waals surface area contributed by atoms with Gasteiger partial charge < -0.3 is 15.2 Å². The van der Waals surface area contributed by atoms with E-state index in [0.29, 0.717) is 6.54 Å². The summed E-state index contributed by atoms with van der Waals surface area (Å²) in [5, 5.41) is 11.4. The average Bonchev–Trinajstić information content (AvgIpc) is 1.99. The minimum atomic E-state index is -0.435. The van der Waals surface area contributed by atoms with Crippen molar-refractivity contribution in [3.8, 4) is 0 Å². The Balaban J connectivity index is 3.68. The molecule has 0 radical (unpaired) electrons. The van der Waals surface area contributed by atoms with Crippen LogP contribution in [-0.2, 0) is 9.53 Å². The van der Waals surface area contributed by atoms with Gasteiger partial charge in [0.2, 0.25) is 0 Å². The number of nitrogens with one attached hydrogen (secondary N) is 1. The smallest absolute Gasteiger partial charge is 0.312 e. The molecule has 0 rings (SSSR count). The molecule has 0 amide bonds. The fourth-order valence-corrected chi connectivity index (χ4v) is 0.635. The Kier molecular flexibility index (Phi) is 4.88. The first-order valence-electron chi connectivity index (χ1n) is 3.09. The van der Waals surface area contributed by atoms with Crippen molar-refractivity contribution in [3.05, 3.63) is 0 Å². The molecule has 0 aromatic heterocycles. The summed E-state index contributed by atoms with van der Waals surface area (Å²) < 4.78 is 4.42. The van der Waals surface area contributed by atoms with Gasteiger partial charge in [0.05, 0.1) is 19.6 Å². The summed E-state index contributed by atoms with van der Waals surface area (Å²) in [6.07, 6.45) is 0. The maximum atomic E-state index is 10.7. The van der Waals surface area contributed by atoms with Crippen LogP contribution in [0.1, 0.15) is 0 Å². The second kappa shape index (κ2) is 5.20.